The van der Waals surface area contributed by atoms with Crippen LogP contribution < -0.4 is 5.32 Å². The molecule has 5 aliphatic rings. The van der Waals surface area contributed by atoms with Gasteiger partial charge in [0.15, 0.2) is 0 Å². The van der Waals surface area contributed by atoms with Crippen molar-refractivity contribution in [2.45, 2.75) is 97.1 Å². The molecule has 4 fully saturated rings. The number of oxime groups is 1. The van der Waals surface area contributed by atoms with Crippen molar-refractivity contribution < 1.29 is 14.7 Å². The summed E-state index contributed by atoms with van der Waals surface area (Å²) < 4.78 is 0. The lowest BCUT2D eigenvalue weighted by Gasteiger charge is -2.58. The van der Waals surface area contributed by atoms with Crippen molar-refractivity contribution in [2.75, 3.05) is 20.1 Å². The van der Waals surface area contributed by atoms with Gasteiger partial charge >= 0.3 is 6.09 Å². The molecule has 8 atom stereocenters. The number of fused-ring (bicyclic) bond motifs is 5. The van der Waals surface area contributed by atoms with Crippen molar-refractivity contribution in [1.82, 2.24) is 10.2 Å². The van der Waals surface area contributed by atoms with Gasteiger partial charge in [0.25, 0.3) is 0 Å². The van der Waals surface area contributed by atoms with E-state index in [1.54, 1.807) is 11.9 Å². The molecule has 3 saturated carbocycles. The van der Waals surface area contributed by atoms with E-state index in [9.17, 15) is 9.90 Å². The van der Waals surface area contributed by atoms with E-state index in [0.717, 1.165) is 56.2 Å². The van der Waals surface area contributed by atoms with Gasteiger partial charge in [0.1, 0.15) is 0 Å². The molecule has 34 heavy (non-hydrogen) atoms. The number of likely N-dealkylation sites (N-methyl/N-ethyl adjacent to an activating group) is 1. The van der Waals surface area contributed by atoms with Gasteiger partial charge in [-0.2, -0.15) is 0 Å². The van der Waals surface area contributed by atoms with Crippen molar-refractivity contribution in [3.8, 4) is 0 Å². The predicted molar refractivity (Wildman–Crippen MR) is 134 cm³/mol. The first-order chi connectivity index (χ1) is 16.2. The van der Waals surface area contributed by atoms with Gasteiger partial charge in [0.05, 0.1) is 11.8 Å². The Hall–Kier alpha value is -1.40. The number of amides is 1. The minimum Gasteiger partial charge on any atom is -0.393 e. The molecule has 0 spiro atoms. The van der Waals surface area contributed by atoms with Gasteiger partial charge < -0.3 is 15.3 Å². The summed E-state index contributed by atoms with van der Waals surface area (Å²) >= 11 is 0. The lowest BCUT2D eigenvalue weighted by Crippen LogP contribution is -2.50. The van der Waals surface area contributed by atoms with Gasteiger partial charge in [-0.15, -0.1) is 0 Å². The number of carbonyl (C=O) groups excluding carboxylic acids is 1. The lowest BCUT2D eigenvalue weighted by molar-refractivity contribution is -0.0426. The second kappa shape index (κ2) is 9.24. The average molecular weight is 472 g/mol. The Morgan fingerprint density at radius 2 is 2.03 bits per heavy atom. The standard InChI is InChI=1S/C28H45N3O3/c1-18(30-34-26(33)31(4)17-20-6-5-15-29-20)23-9-10-24-22-8-7-19-16-21(32)11-13-27(19,2)25(22)12-14-28(23,24)3/h7,20-25,29,32H,5-6,8-17H2,1-4H3/b30-18+/t20?,21-,22-,23+,24-,25-,27-,28+/m0/s1. The zero-order chi connectivity index (χ0) is 24.1. The van der Waals surface area contributed by atoms with Crippen LogP contribution in [-0.2, 0) is 4.84 Å². The quantitative estimate of drug-likeness (QED) is 0.258. The number of aliphatic hydroxyl groups is 1. The molecular formula is C28H45N3O3. The zero-order valence-corrected chi connectivity index (χ0v) is 21.7. The number of carbonyl (C=O) groups is 1. The number of rotatable bonds is 4. The Bertz CT molecular complexity index is 850. The van der Waals surface area contributed by atoms with Gasteiger partial charge in [0.2, 0.25) is 0 Å². The normalized spacial score (nSPS) is 44.0. The summed E-state index contributed by atoms with van der Waals surface area (Å²) in [4.78, 5) is 19.6. The van der Waals surface area contributed by atoms with Gasteiger partial charge in [-0.3, -0.25) is 4.84 Å². The monoisotopic (exact) mass is 471 g/mol. The Labute approximate surface area is 205 Å². The van der Waals surface area contributed by atoms with Crippen molar-refractivity contribution >= 4 is 11.8 Å². The average Bonchev–Trinajstić information content (AvgIpc) is 3.44. The zero-order valence-electron chi connectivity index (χ0n) is 21.7. The van der Waals surface area contributed by atoms with E-state index in [2.05, 4.69) is 37.3 Å². The van der Waals surface area contributed by atoms with Crippen LogP contribution in [-0.4, -0.2) is 54.1 Å². The largest absolute Gasteiger partial charge is 0.435 e. The van der Waals surface area contributed by atoms with Gasteiger partial charge in [-0.1, -0.05) is 30.7 Å². The molecule has 5 rings (SSSR count). The molecule has 1 saturated heterocycles. The van der Waals surface area contributed by atoms with Crippen LogP contribution in [0.15, 0.2) is 16.8 Å². The van der Waals surface area contributed by atoms with E-state index < -0.39 is 0 Å². The van der Waals surface area contributed by atoms with Crippen LogP contribution in [0.1, 0.15) is 85.0 Å². The molecule has 2 N–H and O–H groups in total. The minimum atomic E-state index is -0.353. The fourth-order valence-electron chi connectivity index (χ4n) is 8.89. The maximum Gasteiger partial charge on any atom is 0.435 e. The first-order valence-corrected chi connectivity index (χ1v) is 13.8. The van der Waals surface area contributed by atoms with Crippen LogP contribution in [0.3, 0.4) is 0 Å². The van der Waals surface area contributed by atoms with Crippen molar-refractivity contribution in [3.05, 3.63) is 11.6 Å². The molecule has 1 unspecified atom stereocenters. The second-order valence-electron chi connectivity index (χ2n) is 12.6. The molecular weight excluding hydrogens is 426 g/mol. The summed E-state index contributed by atoms with van der Waals surface area (Å²) in [6.07, 6.45) is 13.3. The molecule has 0 aromatic rings. The molecule has 0 bridgehead atoms. The minimum absolute atomic E-state index is 0.143. The molecule has 0 aromatic heterocycles. The third kappa shape index (κ3) is 4.13. The summed E-state index contributed by atoms with van der Waals surface area (Å²) in [5.41, 5.74) is 3.03. The Morgan fingerprint density at radius 3 is 2.79 bits per heavy atom. The van der Waals surface area contributed by atoms with Crippen LogP contribution in [0.25, 0.3) is 0 Å². The first kappa shape index (κ1) is 24.3. The lowest BCUT2D eigenvalue weighted by atomic mass is 9.47. The molecule has 1 heterocycles. The van der Waals surface area contributed by atoms with E-state index in [1.807, 2.05) is 0 Å². The van der Waals surface area contributed by atoms with Crippen LogP contribution in [0, 0.1) is 34.5 Å². The fraction of sp³-hybridized carbons (Fsp3) is 0.857. The van der Waals surface area contributed by atoms with Gasteiger partial charge in [0, 0.05) is 25.6 Å². The summed E-state index contributed by atoms with van der Waals surface area (Å²) in [5.74, 6) is 2.56. The summed E-state index contributed by atoms with van der Waals surface area (Å²) in [6.45, 7) is 8.74. The summed E-state index contributed by atoms with van der Waals surface area (Å²) in [7, 11) is 1.80. The number of nitrogens with zero attached hydrogens (tertiary/aromatic N) is 2. The van der Waals surface area contributed by atoms with Crippen molar-refractivity contribution in [2.24, 2.45) is 39.7 Å². The Kier molecular flexibility index (Phi) is 6.60. The van der Waals surface area contributed by atoms with Crippen LogP contribution in [0.5, 0.6) is 0 Å². The fourth-order valence-corrected chi connectivity index (χ4v) is 8.89. The first-order valence-electron chi connectivity index (χ1n) is 13.8. The van der Waals surface area contributed by atoms with Crippen LogP contribution in [0.2, 0.25) is 0 Å². The van der Waals surface area contributed by atoms with Crippen LogP contribution >= 0.6 is 0 Å². The molecule has 4 aliphatic carbocycles. The van der Waals surface area contributed by atoms with Crippen molar-refractivity contribution in [1.29, 1.82) is 0 Å². The highest BCUT2D eigenvalue weighted by atomic mass is 16.7. The van der Waals surface area contributed by atoms with Gasteiger partial charge in [-0.05, 0) is 106 Å². The molecule has 0 aromatic carbocycles. The van der Waals surface area contributed by atoms with E-state index in [4.69, 9.17) is 4.84 Å². The summed E-state index contributed by atoms with van der Waals surface area (Å²) in [6, 6.07) is 0.367. The SMILES string of the molecule is C/C(=N\OC(=O)N(C)CC1CCCN1)[C@H]1CC[C@H]2[C@@H]3CC=C4C[C@@H](O)CC[C@]4(C)[C@H]3CC[C@]12C. The smallest absolute Gasteiger partial charge is 0.393 e. The highest BCUT2D eigenvalue weighted by molar-refractivity contribution is 5.85. The number of allylic oxidation sites excluding steroid dienone is 1. The number of aliphatic hydroxyl groups excluding tert-OH is 1. The molecule has 6 nitrogen and oxygen atoms in total. The van der Waals surface area contributed by atoms with Gasteiger partial charge in [-0.25, -0.2) is 4.79 Å². The maximum atomic E-state index is 12.5. The topological polar surface area (TPSA) is 74.2 Å². The highest BCUT2D eigenvalue weighted by Gasteiger charge is 2.59. The Morgan fingerprint density at radius 1 is 1.21 bits per heavy atom. The second-order valence-corrected chi connectivity index (χ2v) is 12.6. The predicted octanol–water partition coefficient (Wildman–Crippen LogP) is 5.12. The molecule has 190 valence electrons. The molecule has 6 heteroatoms. The molecule has 0 radical (unpaired) electrons. The molecule has 1 amide bonds. The Balaban J connectivity index is 1.25. The number of nitrogens with one attached hydrogen (secondary N) is 1. The maximum absolute atomic E-state index is 12.5. The summed E-state index contributed by atoms with van der Waals surface area (Å²) in [5, 5.41) is 18.1. The van der Waals surface area contributed by atoms with E-state index >= 15 is 0 Å². The third-order valence-corrected chi connectivity index (χ3v) is 10.8. The number of hydrogen-bond acceptors (Lipinski definition) is 5. The molecule has 1 aliphatic heterocycles. The third-order valence-electron chi connectivity index (χ3n) is 10.8. The van der Waals surface area contributed by atoms with E-state index in [0.29, 0.717) is 24.4 Å². The van der Waals surface area contributed by atoms with Crippen molar-refractivity contribution in [3.63, 3.8) is 0 Å². The van der Waals surface area contributed by atoms with Crippen LogP contribution in [0.4, 0.5) is 4.79 Å². The number of hydrogen-bond donors (Lipinski definition) is 2. The van der Waals surface area contributed by atoms with E-state index in [1.165, 1.54) is 37.7 Å². The highest BCUT2D eigenvalue weighted by Crippen LogP contribution is 2.66. The van der Waals surface area contributed by atoms with E-state index in [-0.39, 0.29) is 23.0 Å².